The number of rotatable bonds is 3. The SMILES string of the molecule is Cc1cccc(-c2ccc(-c3nnc(-c4cccc5ccccc45)o3)c(C)c2)c1. The monoisotopic (exact) mass is 376 g/mol. The molecule has 0 amide bonds. The summed E-state index contributed by atoms with van der Waals surface area (Å²) in [6.45, 7) is 4.19. The largest absolute Gasteiger partial charge is 0.416 e. The number of nitrogens with zero attached hydrogens (tertiary/aromatic N) is 2. The van der Waals surface area contributed by atoms with Gasteiger partial charge in [-0.15, -0.1) is 10.2 Å². The first-order valence-electron chi connectivity index (χ1n) is 9.69. The fraction of sp³-hybridized carbons (Fsp3) is 0.0769. The Morgan fingerprint density at radius 2 is 1.34 bits per heavy atom. The minimum absolute atomic E-state index is 0.541. The highest BCUT2D eigenvalue weighted by Gasteiger charge is 2.15. The van der Waals surface area contributed by atoms with Crippen LogP contribution in [0.2, 0.25) is 0 Å². The molecule has 1 heterocycles. The number of hydrogen-bond donors (Lipinski definition) is 0. The van der Waals surface area contributed by atoms with E-state index < -0.39 is 0 Å². The first-order valence-corrected chi connectivity index (χ1v) is 9.69. The molecule has 0 aliphatic heterocycles. The highest BCUT2D eigenvalue weighted by Crippen LogP contribution is 2.32. The Bertz CT molecular complexity index is 1330. The van der Waals surface area contributed by atoms with Crippen molar-refractivity contribution < 1.29 is 4.42 Å². The molecular formula is C26H20N2O. The maximum atomic E-state index is 6.09. The lowest BCUT2D eigenvalue weighted by atomic mass is 9.99. The van der Waals surface area contributed by atoms with Gasteiger partial charge >= 0.3 is 0 Å². The summed E-state index contributed by atoms with van der Waals surface area (Å²) < 4.78 is 6.09. The number of hydrogen-bond acceptors (Lipinski definition) is 3. The van der Waals surface area contributed by atoms with Crippen molar-refractivity contribution in [3.05, 3.63) is 96.1 Å². The number of aromatic nitrogens is 2. The van der Waals surface area contributed by atoms with Gasteiger partial charge in [-0.2, -0.15) is 0 Å². The molecule has 0 fully saturated rings. The van der Waals surface area contributed by atoms with Crippen LogP contribution >= 0.6 is 0 Å². The lowest BCUT2D eigenvalue weighted by molar-refractivity contribution is 0.585. The van der Waals surface area contributed by atoms with Crippen LogP contribution < -0.4 is 0 Å². The van der Waals surface area contributed by atoms with Gasteiger partial charge in [0.15, 0.2) is 0 Å². The maximum Gasteiger partial charge on any atom is 0.248 e. The average Bonchev–Trinajstić information content (AvgIpc) is 3.23. The van der Waals surface area contributed by atoms with Crippen LogP contribution in [-0.2, 0) is 0 Å². The second-order valence-corrected chi connectivity index (χ2v) is 7.34. The third kappa shape index (κ3) is 3.21. The molecule has 0 spiro atoms. The van der Waals surface area contributed by atoms with Gasteiger partial charge < -0.3 is 4.42 Å². The van der Waals surface area contributed by atoms with Crippen LogP contribution in [0.3, 0.4) is 0 Å². The van der Waals surface area contributed by atoms with Crippen LogP contribution in [0.15, 0.2) is 89.3 Å². The second-order valence-electron chi connectivity index (χ2n) is 7.34. The molecule has 3 heteroatoms. The summed E-state index contributed by atoms with van der Waals surface area (Å²) in [6.07, 6.45) is 0. The smallest absolute Gasteiger partial charge is 0.248 e. The van der Waals surface area contributed by atoms with Gasteiger partial charge in [-0.25, -0.2) is 0 Å². The van der Waals surface area contributed by atoms with Gasteiger partial charge in [0.2, 0.25) is 11.8 Å². The molecule has 0 saturated carbocycles. The molecule has 0 aliphatic rings. The average molecular weight is 376 g/mol. The molecule has 0 radical (unpaired) electrons. The summed E-state index contributed by atoms with van der Waals surface area (Å²) in [6, 6.07) is 29.2. The molecule has 0 atom stereocenters. The first kappa shape index (κ1) is 17.4. The minimum Gasteiger partial charge on any atom is -0.416 e. The minimum atomic E-state index is 0.541. The molecule has 1 aromatic heterocycles. The van der Waals surface area contributed by atoms with Crippen LogP contribution in [0.4, 0.5) is 0 Å². The Labute approximate surface area is 169 Å². The quantitative estimate of drug-likeness (QED) is 0.346. The molecule has 29 heavy (non-hydrogen) atoms. The molecule has 0 aliphatic carbocycles. The topological polar surface area (TPSA) is 38.9 Å². The van der Waals surface area contributed by atoms with E-state index in [1.807, 2.05) is 24.3 Å². The number of fused-ring (bicyclic) bond motifs is 1. The van der Waals surface area contributed by atoms with E-state index >= 15 is 0 Å². The van der Waals surface area contributed by atoms with Crippen molar-refractivity contribution in [1.82, 2.24) is 10.2 Å². The third-order valence-electron chi connectivity index (χ3n) is 5.25. The second kappa shape index (κ2) is 7.02. The predicted octanol–water partition coefficient (Wildman–Crippen LogP) is 6.84. The Hall–Kier alpha value is -3.72. The Kier molecular flexibility index (Phi) is 4.21. The fourth-order valence-electron chi connectivity index (χ4n) is 3.76. The molecule has 140 valence electrons. The molecule has 4 aromatic carbocycles. The van der Waals surface area contributed by atoms with Gasteiger partial charge in [0.05, 0.1) is 0 Å². The molecule has 0 bridgehead atoms. The summed E-state index contributed by atoms with van der Waals surface area (Å²) in [4.78, 5) is 0. The van der Waals surface area contributed by atoms with Gasteiger partial charge in [0.1, 0.15) is 0 Å². The van der Waals surface area contributed by atoms with E-state index in [-0.39, 0.29) is 0 Å². The Balaban J connectivity index is 1.54. The zero-order valence-electron chi connectivity index (χ0n) is 16.4. The summed E-state index contributed by atoms with van der Waals surface area (Å²) in [5.41, 5.74) is 6.67. The van der Waals surface area contributed by atoms with Gasteiger partial charge in [-0.05, 0) is 53.4 Å². The van der Waals surface area contributed by atoms with E-state index in [2.05, 4.69) is 84.7 Å². The molecule has 0 N–H and O–H groups in total. The van der Waals surface area contributed by atoms with Crippen LogP contribution in [-0.4, -0.2) is 10.2 Å². The highest BCUT2D eigenvalue weighted by atomic mass is 16.4. The van der Waals surface area contributed by atoms with Crippen molar-refractivity contribution in [2.75, 3.05) is 0 Å². The van der Waals surface area contributed by atoms with Gasteiger partial charge in [-0.1, -0.05) is 78.4 Å². The van der Waals surface area contributed by atoms with E-state index in [1.54, 1.807) is 0 Å². The van der Waals surface area contributed by atoms with Crippen molar-refractivity contribution in [2.45, 2.75) is 13.8 Å². The van der Waals surface area contributed by atoms with Crippen molar-refractivity contribution in [3.63, 3.8) is 0 Å². The summed E-state index contributed by atoms with van der Waals surface area (Å²) in [7, 11) is 0. The lowest BCUT2D eigenvalue weighted by Crippen LogP contribution is -1.86. The van der Waals surface area contributed by atoms with Crippen LogP contribution in [0.1, 0.15) is 11.1 Å². The van der Waals surface area contributed by atoms with E-state index in [0.717, 1.165) is 27.5 Å². The van der Waals surface area contributed by atoms with Gasteiger partial charge in [0, 0.05) is 11.1 Å². The third-order valence-corrected chi connectivity index (χ3v) is 5.25. The van der Waals surface area contributed by atoms with Crippen LogP contribution in [0, 0.1) is 13.8 Å². The van der Waals surface area contributed by atoms with Gasteiger partial charge in [0.25, 0.3) is 0 Å². The number of aryl methyl sites for hydroxylation is 2. The van der Waals surface area contributed by atoms with Gasteiger partial charge in [-0.3, -0.25) is 0 Å². The normalized spacial score (nSPS) is 11.1. The molecule has 0 saturated heterocycles. The maximum absolute atomic E-state index is 6.09. The summed E-state index contributed by atoms with van der Waals surface area (Å²) in [5.74, 6) is 1.08. The van der Waals surface area contributed by atoms with Crippen molar-refractivity contribution >= 4 is 10.8 Å². The standard InChI is InChI=1S/C26H20N2O/c1-17-7-5-10-20(15-17)21-13-14-22(18(2)16-21)25-27-28-26(29-25)24-12-6-9-19-8-3-4-11-23(19)24/h3-16H,1-2H3. The lowest BCUT2D eigenvalue weighted by Gasteiger charge is -2.07. The van der Waals surface area contributed by atoms with E-state index in [9.17, 15) is 0 Å². The molecule has 3 nitrogen and oxygen atoms in total. The van der Waals surface area contributed by atoms with Crippen LogP contribution in [0.5, 0.6) is 0 Å². The van der Waals surface area contributed by atoms with Crippen molar-refractivity contribution in [1.29, 1.82) is 0 Å². The Morgan fingerprint density at radius 1 is 0.621 bits per heavy atom. The zero-order chi connectivity index (χ0) is 19.8. The molecule has 0 unspecified atom stereocenters. The van der Waals surface area contributed by atoms with E-state index in [1.165, 1.54) is 16.7 Å². The van der Waals surface area contributed by atoms with E-state index in [4.69, 9.17) is 4.42 Å². The molecule has 5 aromatic rings. The first-order chi connectivity index (χ1) is 14.2. The fourth-order valence-corrected chi connectivity index (χ4v) is 3.76. The van der Waals surface area contributed by atoms with Crippen molar-refractivity contribution in [2.24, 2.45) is 0 Å². The zero-order valence-corrected chi connectivity index (χ0v) is 16.4. The highest BCUT2D eigenvalue weighted by molar-refractivity contribution is 5.94. The van der Waals surface area contributed by atoms with Crippen LogP contribution in [0.25, 0.3) is 44.8 Å². The summed E-state index contributed by atoms with van der Waals surface area (Å²) >= 11 is 0. The molecular weight excluding hydrogens is 356 g/mol. The number of benzene rings is 4. The Morgan fingerprint density at radius 3 is 2.17 bits per heavy atom. The predicted molar refractivity (Wildman–Crippen MR) is 118 cm³/mol. The summed E-state index contributed by atoms with van der Waals surface area (Å²) in [5, 5.41) is 10.9. The van der Waals surface area contributed by atoms with Crippen molar-refractivity contribution in [3.8, 4) is 34.0 Å². The molecule has 5 rings (SSSR count). The van der Waals surface area contributed by atoms with E-state index in [0.29, 0.717) is 11.8 Å².